The zero-order valence-electron chi connectivity index (χ0n) is 10.9. The Morgan fingerprint density at radius 1 is 1.10 bits per heavy atom. The van der Waals surface area contributed by atoms with Crippen molar-refractivity contribution in [3.8, 4) is 0 Å². The van der Waals surface area contributed by atoms with E-state index in [0.29, 0.717) is 0 Å². The van der Waals surface area contributed by atoms with Crippen LogP contribution in [0.4, 0.5) is 0 Å². The molecule has 0 spiro atoms. The third kappa shape index (κ3) is 4.90. The summed E-state index contributed by atoms with van der Waals surface area (Å²) >= 11 is 8.86. The number of rotatable bonds is 6. The molecule has 2 rings (SSSR count). The molecule has 20 heavy (non-hydrogen) atoms. The highest BCUT2D eigenvalue weighted by molar-refractivity contribution is 9.10. The lowest BCUT2D eigenvalue weighted by atomic mass is 10.1. The predicted molar refractivity (Wildman–Crippen MR) is 93.8 cm³/mol. The van der Waals surface area contributed by atoms with Crippen LogP contribution in [0.25, 0.3) is 0 Å². The van der Waals surface area contributed by atoms with Gasteiger partial charge in [0.25, 0.3) is 0 Å². The molecule has 0 radical (unpaired) electrons. The summed E-state index contributed by atoms with van der Waals surface area (Å²) in [5.74, 6) is 6.60. The van der Waals surface area contributed by atoms with Gasteiger partial charge in [0.05, 0.1) is 0 Å². The maximum atomic E-state index is 5.67. The van der Waals surface area contributed by atoms with Gasteiger partial charge in [-0.3, -0.25) is 11.3 Å². The van der Waals surface area contributed by atoms with Crippen LogP contribution in [-0.4, -0.2) is 11.8 Å². The second-order valence-corrected chi connectivity index (χ2v) is 7.27. The smallest absolute Gasteiger partial charge is 0.0344 e. The van der Waals surface area contributed by atoms with Crippen LogP contribution in [0.1, 0.15) is 5.56 Å². The lowest BCUT2D eigenvalue weighted by Gasteiger charge is -2.16. The first-order valence-electron chi connectivity index (χ1n) is 6.27. The third-order valence-corrected chi connectivity index (χ3v) is 5.57. The molecule has 0 aliphatic carbocycles. The molecule has 0 aromatic heterocycles. The fraction of sp³-hybridized carbons (Fsp3) is 0.200. The highest BCUT2D eigenvalue weighted by atomic mass is 79.9. The Kier molecular flexibility index (Phi) is 6.58. The standard InChI is InChI=1S/C15H16Br2N2S/c16-12-5-3-4-11(8-12)9-13(19-18)10-20-15-7-2-1-6-14(15)17/h1-8,13,19H,9-10,18H2. The molecule has 0 amide bonds. The van der Waals surface area contributed by atoms with Crippen molar-refractivity contribution in [3.63, 3.8) is 0 Å². The molecule has 0 saturated heterocycles. The number of hydrazine groups is 1. The number of thioether (sulfide) groups is 1. The molecule has 2 aromatic rings. The van der Waals surface area contributed by atoms with Crippen LogP contribution >= 0.6 is 43.6 Å². The molecular formula is C15H16Br2N2S. The minimum absolute atomic E-state index is 0.237. The van der Waals surface area contributed by atoms with Crippen molar-refractivity contribution in [2.24, 2.45) is 5.84 Å². The van der Waals surface area contributed by atoms with E-state index in [4.69, 9.17) is 5.84 Å². The van der Waals surface area contributed by atoms with Crippen LogP contribution in [0.15, 0.2) is 62.4 Å². The van der Waals surface area contributed by atoms with E-state index in [1.54, 1.807) is 11.8 Å². The van der Waals surface area contributed by atoms with Crippen LogP contribution in [0.5, 0.6) is 0 Å². The second kappa shape index (κ2) is 8.20. The van der Waals surface area contributed by atoms with E-state index >= 15 is 0 Å². The van der Waals surface area contributed by atoms with Gasteiger partial charge in [-0.1, -0.05) is 40.2 Å². The highest BCUT2D eigenvalue weighted by Crippen LogP contribution is 2.27. The first kappa shape index (κ1) is 16.0. The van der Waals surface area contributed by atoms with Gasteiger partial charge < -0.3 is 0 Å². The Hall–Kier alpha value is -0.330. The van der Waals surface area contributed by atoms with E-state index in [0.717, 1.165) is 21.1 Å². The summed E-state index contributed by atoms with van der Waals surface area (Å²) in [5, 5.41) is 0. The van der Waals surface area contributed by atoms with Crippen molar-refractivity contribution in [1.29, 1.82) is 0 Å². The van der Waals surface area contributed by atoms with Gasteiger partial charge >= 0.3 is 0 Å². The van der Waals surface area contributed by atoms with Crippen molar-refractivity contribution in [2.45, 2.75) is 17.4 Å². The summed E-state index contributed by atoms with van der Waals surface area (Å²) in [6.45, 7) is 0. The number of halogens is 2. The van der Waals surface area contributed by atoms with Crippen molar-refractivity contribution >= 4 is 43.6 Å². The molecule has 0 heterocycles. The van der Waals surface area contributed by atoms with E-state index in [1.807, 2.05) is 24.3 Å². The minimum Gasteiger partial charge on any atom is -0.271 e. The van der Waals surface area contributed by atoms with Gasteiger partial charge in [0.1, 0.15) is 0 Å². The number of hydrogen-bond acceptors (Lipinski definition) is 3. The zero-order chi connectivity index (χ0) is 14.4. The largest absolute Gasteiger partial charge is 0.271 e. The van der Waals surface area contributed by atoms with Gasteiger partial charge in [-0.25, -0.2) is 0 Å². The Morgan fingerprint density at radius 2 is 1.90 bits per heavy atom. The van der Waals surface area contributed by atoms with Crippen LogP contribution < -0.4 is 11.3 Å². The van der Waals surface area contributed by atoms with E-state index in [1.165, 1.54) is 10.5 Å². The number of nitrogens with two attached hydrogens (primary N) is 1. The van der Waals surface area contributed by atoms with Gasteiger partial charge in [-0.05, 0) is 52.2 Å². The monoisotopic (exact) mass is 414 g/mol. The highest BCUT2D eigenvalue weighted by Gasteiger charge is 2.10. The maximum Gasteiger partial charge on any atom is 0.0344 e. The van der Waals surface area contributed by atoms with E-state index in [2.05, 4.69) is 61.6 Å². The van der Waals surface area contributed by atoms with Gasteiger partial charge in [0, 0.05) is 25.6 Å². The summed E-state index contributed by atoms with van der Waals surface area (Å²) in [4.78, 5) is 1.24. The normalized spacial score (nSPS) is 12.3. The minimum atomic E-state index is 0.237. The molecule has 5 heteroatoms. The lowest BCUT2D eigenvalue weighted by Crippen LogP contribution is -2.38. The van der Waals surface area contributed by atoms with E-state index in [9.17, 15) is 0 Å². The lowest BCUT2D eigenvalue weighted by molar-refractivity contribution is 0.575. The quantitative estimate of drug-likeness (QED) is 0.417. The summed E-state index contributed by atoms with van der Waals surface area (Å²) in [6, 6.07) is 16.8. The SMILES string of the molecule is NNC(CSc1ccccc1Br)Cc1cccc(Br)c1. The second-order valence-electron chi connectivity index (χ2n) is 4.44. The van der Waals surface area contributed by atoms with Crippen LogP contribution in [0.2, 0.25) is 0 Å². The van der Waals surface area contributed by atoms with E-state index in [-0.39, 0.29) is 6.04 Å². The average molecular weight is 416 g/mol. The predicted octanol–water partition coefficient (Wildman–Crippen LogP) is 4.38. The van der Waals surface area contributed by atoms with Crippen molar-refractivity contribution in [3.05, 3.63) is 63.0 Å². The average Bonchev–Trinajstić information content (AvgIpc) is 2.45. The van der Waals surface area contributed by atoms with Crippen LogP contribution in [0, 0.1) is 0 Å². The molecule has 1 unspecified atom stereocenters. The zero-order valence-corrected chi connectivity index (χ0v) is 14.8. The molecule has 106 valence electrons. The summed E-state index contributed by atoms with van der Waals surface area (Å²) < 4.78 is 2.23. The first-order valence-corrected chi connectivity index (χ1v) is 8.84. The third-order valence-electron chi connectivity index (χ3n) is 2.88. The molecule has 0 saturated carbocycles. The number of nitrogens with one attached hydrogen (secondary N) is 1. The molecule has 2 aromatic carbocycles. The molecule has 0 bridgehead atoms. The number of hydrogen-bond donors (Lipinski definition) is 2. The Balaban J connectivity index is 1.94. The van der Waals surface area contributed by atoms with Crippen LogP contribution in [-0.2, 0) is 6.42 Å². The molecule has 0 aliphatic heterocycles. The first-order chi connectivity index (χ1) is 9.69. The summed E-state index contributed by atoms with van der Waals surface area (Å²) in [6.07, 6.45) is 0.910. The molecular weight excluding hydrogens is 400 g/mol. The van der Waals surface area contributed by atoms with Gasteiger partial charge in [0.2, 0.25) is 0 Å². The molecule has 1 atom stereocenters. The molecule has 0 fully saturated rings. The Bertz CT molecular complexity index is 563. The number of benzene rings is 2. The van der Waals surface area contributed by atoms with E-state index < -0.39 is 0 Å². The van der Waals surface area contributed by atoms with Crippen molar-refractivity contribution in [1.82, 2.24) is 5.43 Å². The Labute approximate surface area is 140 Å². The van der Waals surface area contributed by atoms with Gasteiger partial charge in [0.15, 0.2) is 0 Å². The van der Waals surface area contributed by atoms with Crippen molar-refractivity contribution in [2.75, 3.05) is 5.75 Å². The molecule has 2 nitrogen and oxygen atoms in total. The topological polar surface area (TPSA) is 38.0 Å². The molecule has 0 aliphatic rings. The van der Waals surface area contributed by atoms with Crippen molar-refractivity contribution < 1.29 is 0 Å². The Morgan fingerprint density at radius 3 is 2.60 bits per heavy atom. The van der Waals surface area contributed by atoms with Gasteiger partial charge in [-0.2, -0.15) is 0 Å². The maximum absolute atomic E-state index is 5.67. The van der Waals surface area contributed by atoms with Crippen LogP contribution in [0.3, 0.4) is 0 Å². The fourth-order valence-electron chi connectivity index (χ4n) is 1.87. The molecule has 3 N–H and O–H groups in total. The fourth-order valence-corrected chi connectivity index (χ4v) is 3.92. The summed E-state index contributed by atoms with van der Waals surface area (Å²) in [7, 11) is 0. The summed E-state index contributed by atoms with van der Waals surface area (Å²) in [5.41, 5.74) is 4.18. The van der Waals surface area contributed by atoms with Gasteiger partial charge in [-0.15, -0.1) is 11.8 Å².